The Hall–Kier alpha value is -4.17. The number of carbonyl (C=O) groups is 1. The second-order valence-corrected chi connectivity index (χ2v) is 7.97. The Labute approximate surface area is 211 Å². The van der Waals surface area contributed by atoms with E-state index in [1.807, 2.05) is 0 Å². The lowest BCUT2D eigenvalue weighted by Gasteiger charge is -2.11. The molecule has 190 valence electrons. The molecule has 0 spiro atoms. The van der Waals surface area contributed by atoms with Crippen LogP contribution in [0.4, 0.5) is 17.6 Å². The Bertz CT molecular complexity index is 1420. The van der Waals surface area contributed by atoms with Crippen LogP contribution in [0.3, 0.4) is 0 Å². The number of ether oxygens (including phenoxy) is 3. The Morgan fingerprint density at radius 1 is 0.703 bits per heavy atom. The molecule has 0 aliphatic rings. The summed E-state index contributed by atoms with van der Waals surface area (Å²) in [6.45, 7) is 1.93. The molecular formula is C29H22F4O4. The number of carbonyl (C=O) groups excluding carboxylic acids is 1. The number of benzene rings is 4. The third kappa shape index (κ3) is 5.49. The van der Waals surface area contributed by atoms with Crippen LogP contribution < -0.4 is 9.47 Å². The summed E-state index contributed by atoms with van der Waals surface area (Å²) in [6, 6.07) is 17.3. The molecule has 0 aromatic heterocycles. The van der Waals surface area contributed by atoms with Crippen molar-refractivity contribution in [2.75, 3.05) is 13.7 Å². The van der Waals surface area contributed by atoms with E-state index >= 15 is 0 Å². The Kier molecular flexibility index (Phi) is 7.89. The van der Waals surface area contributed by atoms with Crippen LogP contribution in [0.25, 0.3) is 22.3 Å². The van der Waals surface area contributed by atoms with Crippen LogP contribution in [0, 0.1) is 23.3 Å². The predicted molar refractivity (Wildman–Crippen MR) is 130 cm³/mol. The van der Waals surface area contributed by atoms with Crippen molar-refractivity contribution in [3.63, 3.8) is 0 Å². The van der Waals surface area contributed by atoms with Crippen molar-refractivity contribution in [2.24, 2.45) is 0 Å². The van der Waals surface area contributed by atoms with Crippen LogP contribution in [0.1, 0.15) is 22.8 Å². The normalized spacial score (nSPS) is 10.9. The zero-order valence-corrected chi connectivity index (χ0v) is 20.0. The van der Waals surface area contributed by atoms with Gasteiger partial charge in [0, 0.05) is 23.3 Å². The summed E-state index contributed by atoms with van der Waals surface area (Å²) >= 11 is 0. The smallest absolute Gasteiger partial charge is 0.343 e. The second-order valence-electron chi connectivity index (χ2n) is 7.97. The maximum atomic E-state index is 14.9. The van der Waals surface area contributed by atoms with E-state index in [-0.39, 0.29) is 28.9 Å². The topological polar surface area (TPSA) is 44.8 Å². The predicted octanol–water partition coefficient (Wildman–Crippen LogP) is 7.34. The fourth-order valence-corrected chi connectivity index (χ4v) is 3.68. The lowest BCUT2D eigenvalue weighted by molar-refractivity contribution is 0.0726. The summed E-state index contributed by atoms with van der Waals surface area (Å²) < 4.78 is 73.5. The van der Waals surface area contributed by atoms with E-state index in [4.69, 9.17) is 14.2 Å². The average molecular weight is 510 g/mol. The highest BCUT2D eigenvalue weighted by Crippen LogP contribution is 2.32. The SMILES string of the molecule is CCOCc1ccc(OC(=O)c2ccc(-c3ccc(-c4ccc(OC)cc4)c(F)c3F)cc2)c(F)c1F. The molecule has 0 amide bonds. The minimum Gasteiger partial charge on any atom is -0.497 e. The van der Waals surface area contributed by atoms with E-state index in [2.05, 4.69) is 0 Å². The van der Waals surface area contributed by atoms with Gasteiger partial charge in [-0.3, -0.25) is 0 Å². The summed E-state index contributed by atoms with van der Waals surface area (Å²) in [6.07, 6.45) is 0. The van der Waals surface area contributed by atoms with Crippen LogP contribution in [-0.2, 0) is 11.3 Å². The molecule has 4 aromatic rings. The summed E-state index contributed by atoms with van der Waals surface area (Å²) in [5.74, 6) is -5.46. The molecule has 0 saturated carbocycles. The molecule has 8 heteroatoms. The molecule has 0 aliphatic heterocycles. The van der Waals surface area contributed by atoms with Gasteiger partial charge in [0.2, 0.25) is 5.82 Å². The van der Waals surface area contributed by atoms with Crippen molar-refractivity contribution >= 4 is 5.97 Å². The molecule has 0 N–H and O–H groups in total. The third-order valence-electron chi connectivity index (χ3n) is 5.71. The van der Waals surface area contributed by atoms with E-state index in [0.29, 0.717) is 23.5 Å². The van der Waals surface area contributed by atoms with Gasteiger partial charge in [-0.2, -0.15) is 4.39 Å². The molecule has 4 aromatic carbocycles. The number of methoxy groups -OCH3 is 1. The second kappa shape index (κ2) is 11.3. The average Bonchev–Trinajstić information content (AvgIpc) is 2.92. The quantitative estimate of drug-likeness (QED) is 0.141. The van der Waals surface area contributed by atoms with E-state index in [1.165, 1.54) is 49.6 Å². The van der Waals surface area contributed by atoms with Gasteiger partial charge in [-0.25, -0.2) is 18.0 Å². The molecule has 37 heavy (non-hydrogen) atoms. The summed E-state index contributed by atoms with van der Waals surface area (Å²) in [7, 11) is 1.51. The lowest BCUT2D eigenvalue weighted by atomic mass is 9.98. The fraction of sp³-hybridized carbons (Fsp3) is 0.138. The molecule has 0 fully saturated rings. The Morgan fingerprint density at radius 3 is 1.81 bits per heavy atom. The highest BCUT2D eigenvalue weighted by molar-refractivity contribution is 5.91. The first kappa shape index (κ1) is 25.9. The van der Waals surface area contributed by atoms with Gasteiger partial charge in [0.1, 0.15) is 5.75 Å². The minimum atomic E-state index is -1.31. The van der Waals surface area contributed by atoms with Crippen molar-refractivity contribution in [3.05, 3.63) is 107 Å². The lowest BCUT2D eigenvalue weighted by Crippen LogP contribution is -2.11. The zero-order chi connectivity index (χ0) is 26.5. The van der Waals surface area contributed by atoms with Gasteiger partial charge in [0.25, 0.3) is 0 Å². The highest BCUT2D eigenvalue weighted by Gasteiger charge is 2.19. The van der Waals surface area contributed by atoms with Crippen LogP contribution in [-0.4, -0.2) is 19.7 Å². The van der Waals surface area contributed by atoms with E-state index in [1.54, 1.807) is 31.2 Å². The third-order valence-corrected chi connectivity index (χ3v) is 5.71. The van der Waals surface area contributed by atoms with Gasteiger partial charge in [-0.1, -0.05) is 36.4 Å². The van der Waals surface area contributed by atoms with Crippen molar-refractivity contribution in [1.82, 2.24) is 0 Å². The maximum Gasteiger partial charge on any atom is 0.343 e. The number of esters is 1. The van der Waals surface area contributed by atoms with Crippen molar-refractivity contribution < 1.29 is 36.6 Å². The number of hydrogen-bond donors (Lipinski definition) is 0. The van der Waals surface area contributed by atoms with Crippen LogP contribution in [0.15, 0.2) is 72.8 Å². The first-order chi connectivity index (χ1) is 17.8. The van der Waals surface area contributed by atoms with Crippen LogP contribution >= 0.6 is 0 Å². The Balaban J connectivity index is 1.52. The molecule has 4 nitrogen and oxygen atoms in total. The van der Waals surface area contributed by atoms with E-state index in [0.717, 1.165) is 6.07 Å². The standard InChI is InChI=1S/C29H22F4O4/c1-3-36-16-20-10-15-24(28(33)25(20)30)37-29(34)19-6-4-17(5-7-19)22-13-14-23(27(32)26(22)31)18-8-11-21(35-2)12-9-18/h4-15H,3,16H2,1-2H3. The molecule has 0 aliphatic carbocycles. The fourth-order valence-electron chi connectivity index (χ4n) is 3.68. The van der Waals surface area contributed by atoms with Gasteiger partial charge in [-0.05, 0) is 54.4 Å². The molecule has 0 radical (unpaired) electrons. The molecule has 0 heterocycles. The largest absolute Gasteiger partial charge is 0.497 e. The van der Waals surface area contributed by atoms with Crippen molar-refractivity contribution in [3.8, 4) is 33.8 Å². The molecule has 4 rings (SSSR count). The van der Waals surface area contributed by atoms with Gasteiger partial charge in [0.05, 0.1) is 19.3 Å². The van der Waals surface area contributed by atoms with Crippen LogP contribution in [0.2, 0.25) is 0 Å². The summed E-state index contributed by atoms with van der Waals surface area (Å²) in [5, 5.41) is 0. The van der Waals surface area contributed by atoms with Gasteiger partial charge < -0.3 is 14.2 Å². The summed E-state index contributed by atoms with van der Waals surface area (Å²) in [4.78, 5) is 12.5. The first-order valence-corrected chi connectivity index (χ1v) is 11.3. The minimum absolute atomic E-state index is 0.00392. The molecule has 0 bridgehead atoms. The number of halogens is 4. The summed E-state index contributed by atoms with van der Waals surface area (Å²) in [5.41, 5.74) is 0.884. The van der Waals surface area contributed by atoms with Gasteiger partial charge >= 0.3 is 5.97 Å². The van der Waals surface area contributed by atoms with E-state index < -0.39 is 35.0 Å². The molecular weight excluding hydrogens is 488 g/mol. The van der Waals surface area contributed by atoms with Crippen molar-refractivity contribution in [2.45, 2.75) is 13.5 Å². The van der Waals surface area contributed by atoms with Gasteiger partial charge in [-0.15, -0.1) is 0 Å². The molecule has 0 unspecified atom stereocenters. The van der Waals surface area contributed by atoms with Gasteiger partial charge in [0.15, 0.2) is 23.2 Å². The van der Waals surface area contributed by atoms with Crippen molar-refractivity contribution in [1.29, 1.82) is 0 Å². The maximum absolute atomic E-state index is 14.9. The number of hydrogen-bond acceptors (Lipinski definition) is 4. The first-order valence-electron chi connectivity index (χ1n) is 11.3. The molecule has 0 saturated heterocycles. The van der Waals surface area contributed by atoms with E-state index in [9.17, 15) is 22.4 Å². The number of rotatable bonds is 8. The zero-order valence-electron chi connectivity index (χ0n) is 20.0. The Morgan fingerprint density at radius 2 is 1.27 bits per heavy atom. The molecule has 0 atom stereocenters. The highest BCUT2D eigenvalue weighted by atomic mass is 19.2. The van der Waals surface area contributed by atoms with Crippen LogP contribution in [0.5, 0.6) is 11.5 Å². The monoisotopic (exact) mass is 510 g/mol.